The van der Waals surface area contributed by atoms with Gasteiger partial charge in [0.05, 0.1) is 0 Å². The Morgan fingerprint density at radius 3 is 2.58 bits per heavy atom. The Kier molecular flexibility index (Phi) is 4.64. The quantitative estimate of drug-likeness (QED) is 0.940. The molecule has 1 aliphatic rings. The van der Waals surface area contributed by atoms with E-state index in [0.717, 1.165) is 25.9 Å². The van der Waals surface area contributed by atoms with E-state index in [1.54, 1.807) is 37.3 Å². The van der Waals surface area contributed by atoms with Crippen LogP contribution in [0, 0.1) is 12.8 Å². The van der Waals surface area contributed by atoms with Crippen LogP contribution in [-0.2, 0) is 0 Å². The van der Waals surface area contributed by atoms with Gasteiger partial charge < -0.3 is 14.7 Å². The van der Waals surface area contributed by atoms with Crippen molar-refractivity contribution in [2.75, 3.05) is 18.4 Å². The smallest absolute Gasteiger partial charge is 0.256 e. The standard InChI is InChI=1S/C18H21N3O3/c1-12-6-8-21(9-7-12)18(23)15-5-3-4-14(11-15)17(22)19-16-10-13(2)24-20-16/h3-5,10-12H,6-9H2,1-2H3,(H,19,20,22). The lowest BCUT2D eigenvalue weighted by Crippen LogP contribution is -2.38. The highest BCUT2D eigenvalue weighted by molar-refractivity contribution is 6.05. The lowest BCUT2D eigenvalue weighted by molar-refractivity contribution is 0.0697. The number of rotatable bonds is 3. The van der Waals surface area contributed by atoms with Crippen molar-refractivity contribution in [2.24, 2.45) is 5.92 Å². The zero-order valence-electron chi connectivity index (χ0n) is 13.9. The number of anilines is 1. The van der Waals surface area contributed by atoms with Crippen LogP contribution in [0.5, 0.6) is 0 Å². The number of aromatic nitrogens is 1. The first-order chi connectivity index (χ1) is 11.5. The van der Waals surface area contributed by atoms with Gasteiger partial charge in [0.1, 0.15) is 5.76 Å². The molecule has 0 unspecified atom stereocenters. The second kappa shape index (κ2) is 6.86. The number of likely N-dealkylation sites (tertiary alicyclic amines) is 1. The molecule has 1 aromatic carbocycles. The number of carbonyl (C=O) groups excluding carboxylic acids is 2. The SMILES string of the molecule is Cc1cc(NC(=O)c2cccc(C(=O)N3CCC(C)CC3)c2)no1. The molecule has 126 valence electrons. The first kappa shape index (κ1) is 16.2. The molecule has 3 rings (SSSR count). The largest absolute Gasteiger partial charge is 0.360 e. The van der Waals surface area contributed by atoms with Crippen molar-refractivity contribution in [1.29, 1.82) is 0 Å². The lowest BCUT2D eigenvalue weighted by atomic mass is 9.98. The van der Waals surface area contributed by atoms with Gasteiger partial charge in [-0.15, -0.1) is 0 Å². The molecular weight excluding hydrogens is 306 g/mol. The number of carbonyl (C=O) groups is 2. The number of amides is 2. The summed E-state index contributed by atoms with van der Waals surface area (Å²) in [7, 11) is 0. The van der Waals surface area contributed by atoms with Gasteiger partial charge in [0.25, 0.3) is 11.8 Å². The van der Waals surface area contributed by atoms with E-state index in [9.17, 15) is 9.59 Å². The molecule has 1 fully saturated rings. The Hall–Kier alpha value is -2.63. The Balaban J connectivity index is 1.71. The summed E-state index contributed by atoms with van der Waals surface area (Å²) >= 11 is 0. The summed E-state index contributed by atoms with van der Waals surface area (Å²) in [4.78, 5) is 26.8. The second-order valence-corrected chi connectivity index (χ2v) is 6.33. The van der Waals surface area contributed by atoms with Crippen LogP contribution in [0.2, 0.25) is 0 Å². The van der Waals surface area contributed by atoms with E-state index in [2.05, 4.69) is 17.4 Å². The van der Waals surface area contributed by atoms with E-state index in [1.807, 2.05) is 4.90 Å². The van der Waals surface area contributed by atoms with Crippen LogP contribution in [0.4, 0.5) is 5.82 Å². The van der Waals surface area contributed by atoms with Crippen molar-refractivity contribution < 1.29 is 14.1 Å². The fourth-order valence-electron chi connectivity index (χ4n) is 2.80. The van der Waals surface area contributed by atoms with Gasteiger partial charge in [-0.05, 0) is 43.9 Å². The van der Waals surface area contributed by atoms with E-state index in [-0.39, 0.29) is 11.8 Å². The zero-order chi connectivity index (χ0) is 17.1. The molecule has 1 N–H and O–H groups in total. The molecule has 1 aromatic heterocycles. The van der Waals surface area contributed by atoms with Crippen molar-refractivity contribution >= 4 is 17.6 Å². The third kappa shape index (κ3) is 3.64. The minimum Gasteiger partial charge on any atom is -0.360 e. The molecule has 6 nitrogen and oxygen atoms in total. The summed E-state index contributed by atoms with van der Waals surface area (Å²) in [6.45, 7) is 5.50. The van der Waals surface area contributed by atoms with Gasteiger partial charge in [-0.2, -0.15) is 0 Å². The molecule has 6 heteroatoms. The maximum absolute atomic E-state index is 12.6. The van der Waals surface area contributed by atoms with Crippen LogP contribution in [0.3, 0.4) is 0 Å². The van der Waals surface area contributed by atoms with Crippen LogP contribution >= 0.6 is 0 Å². The number of aryl methyl sites for hydroxylation is 1. The van der Waals surface area contributed by atoms with Gasteiger partial charge >= 0.3 is 0 Å². The van der Waals surface area contributed by atoms with Gasteiger partial charge in [0.15, 0.2) is 5.82 Å². The minimum atomic E-state index is -0.315. The maximum Gasteiger partial charge on any atom is 0.256 e. The molecular formula is C18H21N3O3. The number of nitrogens with one attached hydrogen (secondary N) is 1. The molecule has 1 saturated heterocycles. The van der Waals surface area contributed by atoms with Crippen LogP contribution in [0.15, 0.2) is 34.9 Å². The maximum atomic E-state index is 12.6. The highest BCUT2D eigenvalue weighted by atomic mass is 16.5. The number of hydrogen-bond donors (Lipinski definition) is 1. The monoisotopic (exact) mass is 327 g/mol. The number of nitrogens with zero attached hydrogens (tertiary/aromatic N) is 2. The van der Waals surface area contributed by atoms with Crippen molar-refractivity contribution in [3.8, 4) is 0 Å². The molecule has 0 radical (unpaired) electrons. The molecule has 0 bridgehead atoms. The van der Waals surface area contributed by atoms with Crippen molar-refractivity contribution in [1.82, 2.24) is 10.1 Å². The fraction of sp³-hybridized carbons (Fsp3) is 0.389. The highest BCUT2D eigenvalue weighted by Crippen LogP contribution is 2.19. The van der Waals surface area contributed by atoms with Gasteiger partial charge in [-0.3, -0.25) is 9.59 Å². The fourth-order valence-corrected chi connectivity index (χ4v) is 2.80. The molecule has 2 amide bonds. The molecule has 2 heterocycles. The van der Waals surface area contributed by atoms with Crippen LogP contribution in [-0.4, -0.2) is 35.0 Å². The Morgan fingerprint density at radius 2 is 1.92 bits per heavy atom. The normalized spacial score (nSPS) is 15.3. The van der Waals surface area contributed by atoms with E-state index >= 15 is 0 Å². The minimum absolute atomic E-state index is 0.0196. The first-order valence-corrected chi connectivity index (χ1v) is 8.17. The van der Waals surface area contributed by atoms with E-state index in [0.29, 0.717) is 28.6 Å². The first-order valence-electron chi connectivity index (χ1n) is 8.17. The zero-order valence-corrected chi connectivity index (χ0v) is 13.9. The van der Waals surface area contributed by atoms with Crippen LogP contribution < -0.4 is 5.32 Å². The average molecular weight is 327 g/mol. The molecule has 0 spiro atoms. The third-order valence-electron chi connectivity index (χ3n) is 4.31. The molecule has 24 heavy (non-hydrogen) atoms. The molecule has 1 aliphatic heterocycles. The Labute approximate surface area is 140 Å². The van der Waals surface area contributed by atoms with E-state index in [1.165, 1.54) is 0 Å². The van der Waals surface area contributed by atoms with Crippen molar-refractivity contribution in [2.45, 2.75) is 26.7 Å². The molecule has 0 aliphatic carbocycles. The Morgan fingerprint density at radius 1 is 1.21 bits per heavy atom. The summed E-state index contributed by atoms with van der Waals surface area (Å²) in [5.41, 5.74) is 0.959. The predicted molar refractivity (Wildman–Crippen MR) is 89.9 cm³/mol. The van der Waals surface area contributed by atoms with Crippen LogP contribution in [0.1, 0.15) is 46.2 Å². The van der Waals surface area contributed by atoms with Gasteiger partial charge in [-0.25, -0.2) is 0 Å². The molecule has 0 saturated carbocycles. The van der Waals surface area contributed by atoms with Crippen molar-refractivity contribution in [3.63, 3.8) is 0 Å². The number of benzene rings is 1. The Bertz CT molecular complexity index is 745. The van der Waals surface area contributed by atoms with E-state index in [4.69, 9.17) is 4.52 Å². The lowest BCUT2D eigenvalue weighted by Gasteiger charge is -2.30. The predicted octanol–water partition coefficient (Wildman–Crippen LogP) is 3.11. The van der Waals surface area contributed by atoms with E-state index < -0.39 is 0 Å². The number of piperidine rings is 1. The summed E-state index contributed by atoms with van der Waals surface area (Å²) < 4.78 is 4.93. The van der Waals surface area contributed by atoms with Gasteiger partial charge in [0.2, 0.25) is 0 Å². The summed E-state index contributed by atoms with van der Waals surface area (Å²) in [6.07, 6.45) is 2.05. The van der Waals surface area contributed by atoms with Gasteiger partial charge in [-0.1, -0.05) is 18.1 Å². The summed E-state index contributed by atoms with van der Waals surface area (Å²) in [5, 5.41) is 6.40. The third-order valence-corrected chi connectivity index (χ3v) is 4.31. The molecule has 0 atom stereocenters. The topological polar surface area (TPSA) is 75.4 Å². The summed E-state index contributed by atoms with van der Waals surface area (Å²) in [6, 6.07) is 8.42. The number of hydrogen-bond acceptors (Lipinski definition) is 4. The second-order valence-electron chi connectivity index (χ2n) is 6.33. The van der Waals surface area contributed by atoms with Gasteiger partial charge in [0, 0.05) is 30.3 Å². The average Bonchev–Trinajstić information content (AvgIpc) is 3.00. The highest BCUT2D eigenvalue weighted by Gasteiger charge is 2.22. The summed E-state index contributed by atoms with van der Waals surface area (Å²) in [5.74, 6) is 1.31. The van der Waals surface area contributed by atoms with Crippen LogP contribution in [0.25, 0.3) is 0 Å². The van der Waals surface area contributed by atoms with Crippen molar-refractivity contribution in [3.05, 3.63) is 47.2 Å². The molecule has 2 aromatic rings.